The van der Waals surface area contributed by atoms with Crippen molar-refractivity contribution in [3.8, 4) is 11.6 Å². The fraction of sp³-hybridized carbons (Fsp3) is 0.294. The van der Waals surface area contributed by atoms with Gasteiger partial charge < -0.3 is 9.73 Å². The lowest BCUT2D eigenvalue weighted by molar-refractivity contribution is -0.122. The van der Waals surface area contributed by atoms with Crippen molar-refractivity contribution in [2.75, 3.05) is 6.54 Å². The van der Waals surface area contributed by atoms with Gasteiger partial charge in [0.25, 0.3) is 0 Å². The molecule has 0 radical (unpaired) electrons. The number of carbonyl (C=O) groups excluding carboxylic acids is 1. The second-order valence-corrected chi connectivity index (χ2v) is 5.94. The van der Waals surface area contributed by atoms with Crippen LogP contribution in [-0.4, -0.2) is 32.7 Å². The van der Waals surface area contributed by atoms with Gasteiger partial charge in [0.05, 0.1) is 6.26 Å². The molecule has 2 heterocycles. The van der Waals surface area contributed by atoms with E-state index in [0.29, 0.717) is 30.0 Å². The lowest BCUT2D eigenvalue weighted by Gasteiger charge is -2.04. The number of nitrogens with one attached hydrogen (secondary N) is 1. The highest BCUT2D eigenvalue weighted by Gasteiger charge is 2.37. The van der Waals surface area contributed by atoms with Crippen LogP contribution in [0.5, 0.6) is 0 Å². The van der Waals surface area contributed by atoms with Gasteiger partial charge in [-0.1, -0.05) is 30.3 Å². The number of furan rings is 1. The van der Waals surface area contributed by atoms with Gasteiger partial charge in [-0.2, -0.15) is 4.80 Å². The summed E-state index contributed by atoms with van der Waals surface area (Å²) in [5, 5.41) is 14.8. The molecular formula is C17H17N5O2. The van der Waals surface area contributed by atoms with Gasteiger partial charge in [0, 0.05) is 6.54 Å². The molecule has 1 aromatic carbocycles. The third-order valence-electron chi connectivity index (χ3n) is 4.19. The molecule has 2 atom stereocenters. The molecule has 1 fully saturated rings. The van der Waals surface area contributed by atoms with Crippen molar-refractivity contribution >= 4 is 5.91 Å². The molecule has 7 nitrogen and oxygen atoms in total. The summed E-state index contributed by atoms with van der Waals surface area (Å²) in [5.74, 6) is 1.86. The molecule has 4 rings (SSSR count). The number of carbonyl (C=O) groups is 1. The molecule has 7 heteroatoms. The van der Waals surface area contributed by atoms with Crippen molar-refractivity contribution < 1.29 is 9.21 Å². The van der Waals surface area contributed by atoms with E-state index in [9.17, 15) is 4.79 Å². The molecule has 1 saturated carbocycles. The smallest absolute Gasteiger partial charge is 0.243 e. The number of aromatic nitrogens is 4. The van der Waals surface area contributed by atoms with Gasteiger partial charge in [-0.05, 0) is 41.2 Å². The molecule has 0 unspecified atom stereocenters. The highest BCUT2D eigenvalue weighted by atomic mass is 16.3. The molecule has 0 aliphatic heterocycles. The van der Waals surface area contributed by atoms with E-state index in [2.05, 4.69) is 45.0 Å². The maximum Gasteiger partial charge on any atom is 0.243 e. The molecule has 24 heavy (non-hydrogen) atoms. The van der Waals surface area contributed by atoms with Crippen LogP contribution in [0.3, 0.4) is 0 Å². The number of hydrogen-bond acceptors (Lipinski definition) is 5. The molecule has 122 valence electrons. The first kappa shape index (κ1) is 14.6. The molecule has 3 aromatic rings. The average molecular weight is 323 g/mol. The van der Waals surface area contributed by atoms with Crippen LogP contribution >= 0.6 is 0 Å². The van der Waals surface area contributed by atoms with Crippen LogP contribution in [0, 0.1) is 5.92 Å². The Hall–Kier alpha value is -2.96. The van der Waals surface area contributed by atoms with Gasteiger partial charge in [-0.3, -0.25) is 4.79 Å². The zero-order valence-corrected chi connectivity index (χ0v) is 13.0. The Kier molecular flexibility index (Phi) is 3.82. The van der Waals surface area contributed by atoms with Crippen LogP contribution in [0.15, 0.2) is 53.1 Å². The normalized spacial score (nSPS) is 19.2. The third kappa shape index (κ3) is 3.19. The standard InChI is InChI=1S/C17H17N5O2/c23-16(11-22-20-17(19-21-22)15-7-4-8-24-15)18-10-13-9-14(13)12-5-2-1-3-6-12/h1-8,13-14H,9-11H2,(H,18,23)/t13-,14+/m0/s1. The largest absolute Gasteiger partial charge is 0.461 e. The summed E-state index contributed by atoms with van der Waals surface area (Å²) < 4.78 is 5.20. The van der Waals surface area contributed by atoms with Crippen molar-refractivity contribution in [1.29, 1.82) is 0 Å². The third-order valence-corrected chi connectivity index (χ3v) is 4.19. The minimum atomic E-state index is -0.114. The average Bonchev–Trinajstić information content (AvgIpc) is 2.99. The van der Waals surface area contributed by atoms with Crippen molar-refractivity contribution in [2.45, 2.75) is 18.9 Å². The fourth-order valence-corrected chi connectivity index (χ4v) is 2.83. The maximum absolute atomic E-state index is 12.0. The zero-order chi connectivity index (χ0) is 16.4. The van der Waals surface area contributed by atoms with Crippen LogP contribution in [0.1, 0.15) is 17.9 Å². The van der Waals surface area contributed by atoms with E-state index in [1.165, 1.54) is 10.4 Å². The van der Waals surface area contributed by atoms with Gasteiger partial charge >= 0.3 is 0 Å². The Bertz CT molecular complexity index is 813. The Morgan fingerprint density at radius 2 is 2.12 bits per heavy atom. The SMILES string of the molecule is O=C(Cn1nnc(-c2ccco2)n1)NC[C@@H]1C[C@@H]1c1ccccc1. The number of amides is 1. The monoisotopic (exact) mass is 323 g/mol. The van der Waals surface area contributed by atoms with E-state index in [1.807, 2.05) is 6.07 Å². The Morgan fingerprint density at radius 3 is 2.92 bits per heavy atom. The first-order valence-corrected chi connectivity index (χ1v) is 7.93. The second kappa shape index (κ2) is 6.27. The molecule has 0 saturated heterocycles. The molecule has 2 aromatic heterocycles. The Labute approximate surface area is 138 Å². The van der Waals surface area contributed by atoms with E-state index in [0.717, 1.165) is 6.42 Å². The van der Waals surface area contributed by atoms with Gasteiger partial charge in [-0.25, -0.2) is 0 Å². The number of hydrogen-bond donors (Lipinski definition) is 1. The van der Waals surface area contributed by atoms with Crippen molar-refractivity contribution in [3.05, 3.63) is 54.3 Å². The summed E-state index contributed by atoms with van der Waals surface area (Å²) in [5.41, 5.74) is 1.35. The fourth-order valence-electron chi connectivity index (χ4n) is 2.83. The quantitative estimate of drug-likeness (QED) is 0.748. The van der Waals surface area contributed by atoms with E-state index in [4.69, 9.17) is 4.42 Å². The topological polar surface area (TPSA) is 85.8 Å². The Morgan fingerprint density at radius 1 is 1.25 bits per heavy atom. The summed E-state index contributed by atoms with van der Waals surface area (Å²) in [6.45, 7) is 0.731. The maximum atomic E-state index is 12.0. The number of tetrazole rings is 1. The first-order valence-electron chi connectivity index (χ1n) is 7.93. The molecule has 1 aliphatic carbocycles. The summed E-state index contributed by atoms with van der Waals surface area (Å²) >= 11 is 0. The summed E-state index contributed by atoms with van der Waals surface area (Å²) in [7, 11) is 0. The van der Waals surface area contributed by atoms with E-state index >= 15 is 0 Å². The number of nitrogens with zero attached hydrogens (tertiary/aromatic N) is 4. The molecule has 1 amide bonds. The minimum Gasteiger partial charge on any atom is -0.461 e. The van der Waals surface area contributed by atoms with Gasteiger partial charge in [0.1, 0.15) is 6.54 Å². The zero-order valence-electron chi connectivity index (χ0n) is 13.0. The lowest BCUT2D eigenvalue weighted by atomic mass is 10.1. The Balaban J connectivity index is 1.26. The molecule has 0 spiro atoms. The van der Waals surface area contributed by atoms with E-state index in [-0.39, 0.29) is 12.5 Å². The predicted molar refractivity (Wildman–Crippen MR) is 85.8 cm³/mol. The summed E-state index contributed by atoms with van der Waals surface area (Å²) in [6.07, 6.45) is 2.66. The van der Waals surface area contributed by atoms with Crippen LogP contribution < -0.4 is 5.32 Å². The van der Waals surface area contributed by atoms with E-state index < -0.39 is 0 Å². The highest BCUT2D eigenvalue weighted by molar-refractivity contribution is 5.75. The van der Waals surface area contributed by atoms with Crippen LogP contribution in [0.4, 0.5) is 0 Å². The van der Waals surface area contributed by atoms with Crippen LogP contribution in [0.2, 0.25) is 0 Å². The lowest BCUT2D eigenvalue weighted by Crippen LogP contribution is -2.30. The molecule has 1 aliphatic rings. The van der Waals surface area contributed by atoms with Gasteiger partial charge in [-0.15, -0.1) is 10.2 Å². The second-order valence-electron chi connectivity index (χ2n) is 5.94. The molecule has 1 N–H and O–H groups in total. The van der Waals surface area contributed by atoms with Crippen LogP contribution in [-0.2, 0) is 11.3 Å². The van der Waals surface area contributed by atoms with Crippen LogP contribution in [0.25, 0.3) is 11.6 Å². The number of rotatable bonds is 6. The van der Waals surface area contributed by atoms with Gasteiger partial charge in [0.2, 0.25) is 11.7 Å². The predicted octanol–water partition coefficient (Wildman–Crippen LogP) is 1.85. The van der Waals surface area contributed by atoms with Crippen molar-refractivity contribution in [2.24, 2.45) is 5.92 Å². The highest BCUT2D eigenvalue weighted by Crippen LogP contribution is 2.46. The summed E-state index contributed by atoms with van der Waals surface area (Å²) in [4.78, 5) is 13.3. The summed E-state index contributed by atoms with van der Waals surface area (Å²) in [6, 6.07) is 13.9. The van der Waals surface area contributed by atoms with E-state index in [1.54, 1.807) is 18.4 Å². The molecule has 0 bridgehead atoms. The van der Waals surface area contributed by atoms with Crippen molar-refractivity contribution in [3.63, 3.8) is 0 Å². The van der Waals surface area contributed by atoms with Gasteiger partial charge in [0.15, 0.2) is 5.76 Å². The number of benzene rings is 1. The minimum absolute atomic E-state index is 0.0520. The molecular weight excluding hydrogens is 306 g/mol. The first-order chi connectivity index (χ1) is 11.8. The van der Waals surface area contributed by atoms with Crippen molar-refractivity contribution in [1.82, 2.24) is 25.5 Å².